The number of rotatable bonds is 4. The van der Waals surface area contributed by atoms with Gasteiger partial charge >= 0.3 is 0 Å². The molecule has 1 N–H and O–H groups in total. The number of thiophene rings is 1. The van der Waals surface area contributed by atoms with E-state index < -0.39 is 0 Å². The number of thiazole rings is 1. The standard InChI is InChI=1S/C19H16N4O2S2/c1-10-14-11(2)21-16(12-4-6-13(25-3)7-5-12)22-18(14)27-15(10)17(24)23-19-20-8-9-26-19/h4-9H,1-3H3,(H,20,23,24). The van der Waals surface area contributed by atoms with Crippen LogP contribution in [0.3, 0.4) is 0 Å². The van der Waals surface area contributed by atoms with Crippen molar-refractivity contribution in [2.75, 3.05) is 12.4 Å². The van der Waals surface area contributed by atoms with Crippen LogP contribution in [0.5, 0.6) is 5.75 Å². The van der Waals surface area contributed by atoms with Gasteiger partial charge in [0.15, 0.2) is 11.0 Å². The zero-order valence-corrected chi connectivity index (χ0v) is 16.6. The lowest BCUT2D eigenvalue weighted by molar-refractivity contribution is 0.103. The molecular weight excluding hydrogens is 380 g/mol. The summed E-state index contributed by atoms with van der Waals surface area (Å²) in [5, 5.41) is 6.17. The van der Waals surface area contributed by atoms with Crippen molar-refractivity contribution in [3.8, 4) is 17.1 Å². The van der Waals surface area contributed by atoms with Gasteiger partial charge in [0, 0.05) is 22.5 Å². The summed E-state index contributed by atoms with van der Waals surface area (Å²) in [4.78, 5) is 27.5. The fourth-order valence-electron chi connectivity index (χ4n) is 2.86. The molecule has 3 heterocycles. The lowest BCUT2D eigenvalue weighted by Crippen LogP contribution is -2.10. The predicted molar refractivity (Wildman–Crippen MR) is 109 cm³/mol. The number of carbonyl (C=O) groups is 1. The molecule has 3 aromatic heterocycles. The minimum absolute atomic E-state index is 0.171. The Labute approximate surface area is 163 Å². The number of benzene rings is 1. The minimum atomic E-state index is -0.171. The lowest BCUT2D eigenvalue weighted by Gasteiger charge is -2.05. The average Bonchev–Trinajstić information content (AvgIpc) is 3.29. The molecule has 1 amide bonds. The van der Waals surface area contributed by atoms with E-state index >= 15 is 0 Å². The van der Waals surface area contributed by atoms with Gasteiger partial charge in [0.1, 0.15) is 10.6 Å². The van der Waals surface area contributed by atoms with Gasteiger partial charge in [0.2, 0.25) is 0 Å². The van der Waals surface area contributed by atoms with Crippen LogP contribution >= 0.6 is 22.7 Å². The number of anilines is 1. The minimum Gasteiger partial charge on any atom is -0.497 e. The van der Waals surface area contributed by atoms with Crippen LogP contribution in [0.1, 0.15) is 20.9 Å². The van der Waals surface area contributed by atoms with E-state index in [1.807, 2.05) is 43.5 Å². The van der Waals surface area contributed by atoms with Gasteiger partial charge in [0.25, 0.3) is 5.91 Å². The second-order valence-corrected chi connectivity index (χ2v) is 7.78. The maximum atomic E-state index is 12.6. The summed E-state index contributed by atoms with van der Waals surface area (Å²) in [5.41, 5.74) is 2.65. The summed E-state index contributed by atoms with van der Waals surface area (Å²) in [6, 6.07) is 7.61. The van der Waals surface area contributed by atoms with Crippen LogP contribution in [0, 0.1) is 13.8 Å². The number of methoxy groups -OCH3 is 1. The molecule has 0 bridgehead atoms. The third kappa shape index (κ3) is 3.29. The van der Waals surface area contributed by atoms with Crippen molar-refractivity contribution >= 4 is 43.9 Å². The molecule has 8 heteroatoms. The molecule has 0 saturated heterocycles. The molecule has 4 aromatic rings. The normalized spacial score (nSPS) is 10.9. The number of hydrogen-bond acceptors (Lipinski definition) is 7. The van der Waals surface area contributed by atoms with E-state index in [1.54, 1.807) is 13.3 Å². The quantitative estimate of drug-likeness (QED) is 0.541. The Morgan fingerprint density at radius 3 is 2.59 bits per heavy atom. The lowest BCUT2D eigenvalue weighted by atomic mass is 10.1. The van der Waals surface area contributed by atoms with E-state index in [9.17, 15) is 4.79 Å². The Kier molecular flexibility index (Phi) is 4.59. The first-order valence-electron chi connectivity index (χ1n) is 8.20. The zero-order valence-electron chi connectivity index (χ0n) is 14.9. The number of carbonyl (C=O) groups excluding carboxylic acids is 1. The number of fused-ring (bicyclic) bond motifs is 1. The Morgan fingerprint density at radius 1 is 1.15 bits per heavy atom. The van der Waals surface area contributed by atoms with Gasteiger partial charge in [0.05, 0.1) is 17.7 Å². The predicted octanol–water partition coefficient (Wildman–Crippen LogP) is 4.69. The Balaban J connectivity index is 1.75. The number of aryl methyl sites for hydroxylation is 2. The number of ether oxygens (including phenoxy) is 1. The molecule has 0 unspecified atom stereocenters. The van der Waals surface area contributed by atoms with Crippen LogP contribution in [-0.2, 0) is 0 Å². The highest BCUT2D eigenvalue weighted by Gasteiger charge is 2.20. The first kappa shape index (κ1) is 17.6. The smallest absolute Gasteiger partial charge is 0.267 e. The fourth-order valence-corrected chi connectivity index (χ4v) is 4.52. The first-order chi connectivity index (χ1) is 13.1. The Bertz CT molecular complexity index is 1120. The molecule has 0 aliphatic heterocycles. The molecule has 0 spiro atoms. The topological polar surface area (TPSA) is 77.0 Å². The van der Waals surface area contributed by atoms with Gasteiger partial charge in [-0.2, -0.15) is 0 Å². The fraction of sp³-hybridized carbons (Fsp3) is 0.158. The summed E-state index contributed by atoms with van der Waals surface area (Å²) in [5.74, 6) is 1.25. The van der Waals surface area contributed by atoms with E-state index in [1.165, 1.54) is 22.7 Å². The Morgan fingerprint density at radius 2 is 1.93 bits per heavy atom. The van der Waals surface area contributed by atoms with E-state index in [4.69, 9.17) is 9.72 Å². The molecule has 0 atom stereocenters. The highest BCUT2D eigenvalue weighted by Crippen LogP contribution is 2.33. The van der Waals surface area contributed by atoms with Crippen LogP contribution in [0.15, 0.2) is 35.8 Å². The summed E-state index contributed by atoms with van der Waals surface area (Å²) in [6.45, 7) is 3.87. The number of aromatic nitrogens is 3. The van der Waals surface area contributed by atoms with Gasteiger partial charge in [-0.25, -0.2) is 15.0 Å². The van der Waals surface area contributed by atoms with E-state index in [2.05, 4.69) is 15.3 Å². The zero-order chi connectivity index (χ0) is 19.0. The molecule has 1 aromatic carbocycles. The number of nitrogens with one attached hydrogen (secondary N) is 1. The number of amides is 1. The van der Waals surface area contributed by atoms with Crippen molar-refractivity contribution in [3.05, 3.63) is 52.0 Å². The first-order valence-corrected chi connectivity index (χ1v) is 9.89. The van der Waals surface area contributed by atoms with Crippen molar-refractivity contribution in [2.45, 2.75) is 13.8 Å². The molecule has 0 radical (unpaired) electrons. The second-order valence-electron chi connectivity index (χ2n) is 5.89. The highest BCUT2D eigenvalue weighted by atomic mass is 32.1. The van der Waals surface area contributed by atoms with E-state index in [0.717, 1.165) is 32.8 Å². The maximum absolute atomic E-state index is 12.6. The van der Waals surface area contributed by atoms with Crippen LogP contribution in [0.2, 0.25) is 0 Å². The third-order valence-corrected chi connectivity index (χ3v) is 6.05. The monoisotopic (exact) mass is 396 g/mol. The van der Waals surface area contributed by atoms with Crippen molar-refractivity contribution in [1.29, 1.82) is 0 Å². The number of nitrogens with zero attached hydrogens (tertiary/aromatic N) is 3. The molecule has 0 aliphatic rings. The van der Waals surface area contributed by atoms with Crippen LogP contribution in [0.25, 0.3) is 21.6 Å². The highest BCUT2D eigenvalue weighted by molar-refractivity contribution is 7.21. The van der Waals surface area contributed by atoms with Crippen molar-refractivity contribution in [2.24, 2.45) is 0 Å². The van der Waals surface area contributed by atoms with Gasteiger partial charge in [-0.1, -0.05) is 0 Å². The van der Waals surface area contributed by atoms with Crippen molar-refractivity contribution < 1.29 is 9.53 Å². The molecule has 0 fully saturated rings. The third-order valence-electron chi connectivity index (χ3n) is 4.18. The molecule has 4 rings (SSSR count). The van der Waals surface area contributed by atoms with E-state index in [-0.39, 0.29) is 5.91 Å². The van der Waals surface area contributed by atoms with E-state index in [0.29, 0.717) is 15.8 Å². The maximum Gasteiger partial charge on any atom is 0.267 e. The molecule has 27 heavy (non-hydrogen) atoms. The van der Waals surface area contributed by atoms with Crippen LogP contribution in [-0.4, -0.2) is 28.0 Å². The van der Waals surface area contributed by atoms with Gasteiger partial charge in [-0.3, -0.25) is 10.1 Å². The average molecular weight is 396 g/mol. The summed E-state index contributed by atoms with van der Waals surface area (Å²) >= 11 is 2.76. The molecule has 0 aliphatic carbocycles. The Hall–Kier alpha value is -2.84. The molecule has 136 valence electrons. The van der Waals surface area contributed by atoms with Gasteiger partial charge in [-0.15, -0.1) is 22.7 Å². The van der Waals surface area contributed by atoms with Gasteiger partial charge < -0.3 is 4.74 Å². The second kappa shape index (κ2) is 7.05. The van der Waals surface area contributed by atoms with Crippen LogP contribution < -0.4 is 10.1 Å². The summed E-state index contributed by atoms with van der Waals surface area (Å²) in [6.07, 6.45) is 1.66. The van der Waals surface area contributed by atoms with Crippen molar-refractivity contribution in [3.63, 3.8) is 0 Å². The summed E-state index contributed by atoms with van der Waals surface area (Å²) in [7, 11) is 1.63. The number of hydrogen-bond donors (Lipinski definition) is 1. The SMILES string of the molecule is COc1ccc(-c2nc(C)c3c(C)c(C(=O)Nc4nccs4)sc3n2)cc1. The molecular formula is C19H16N4O2S2. The van der Waals surface area contributed by atoms with Gasteiger partial charge in [-0.05, 0) is 43.7 Å². The summed E-state index contributed by atoms with van der Waals surface area (Å²) < 4.78 is 5.20. The van der Waals surface area contributed by atoms with Crippen molar-refractivity contribution in [1.82, 2.24) is 15.0 Å². The molecule has 6 nitrogen and oxygen atoms in total. The largest absolute Gasteiger partial charge is 0.497 e. The van der Waals surface area contributed by atoms with Crippen LogP contribution in [0.4, 0.5) is 5.13 Å². The molecule has 0 saturated carbocycles.